The molecule has 0 aromatic heterocycles. The van der Waals surface area contributed by atoms with E-state index in [1.165, 1.54) is 18.2 Å². The summed E-state index contributed by atoms with van der Waals surface area (Å²) in [5, 5.41) is 8.53. The molecule has 0 N–H and O–H groups in total. The van der Waals surface area contributed by atoms with Gasteiger partial charge in [0.2, 0.25) is 0 Å². The fraction of sp³-hybridized carbons (Fsp3) is 0.364. The van der Waals surface area contributed by atoms with E-state index in [0.717, 1.165) is 18.6 Å². The van der Waals surface area contributed by atoms with Crippen molar-refractivity contribution in [3.8, 4) is 11.8 Å². The van der Waals surface area contributed by atoms with Crippen LogP contribution in [0, 0.1) is 17.1 Å². The average molecular weight is 225 g/mol. The van der Waals surface area contributed by atoms with Crippen molar-refractivity contribution < 1.29 is 9.13 Å². The second-order valence-electron chi connectivity index (χ2n) is 3.04. The molecule has 0 unspecified atom stereocenters. The first-order valence-electron chi connectivity index (χ1n) is 4.71. The maximum Gasteiger partial charge on any atom is 0.166 e. The van der Waals surface area contributed by atoms with E-state index in [1.807, 2.05) is 6.07 Å². The van der Waals surface area contributed by atoms with Crippen LogP contribution in [0.15, 0.2) is 18.2 Å². The van der Waals surface area contributed by atoms with Gasteiger partial charge in [-0.25, -0.2) is 4.39 Å². The van der Waals surface area contributed by atoms with Crippen LogP contribution in [0.2, 0.25) is 0 Å². The molecule has 1 aromatic rings. The molecular formula is C11H12FNOS. The third-order valence-corrected chi connectivity index (χ3v) is 2.19. The lowest BCUT2D eigenvalue weighted by Crippen LogP contribution is -1.99. The third kappa shape index (κ3) is 3.80. The Balaban J connectivity index is 2.52. The second-order valence-corrected chi connectivity index (χ2v) is 3.48. The minimum Gasteiger partial charge on any atom is -0.491 e. The van der Waals surface area contributed by atoms with E-state index in [9.17, 15) is 4.39 Å². The molecule has 0 aliphatic carbocycles. The highest BCUT2D eigenvalue weighted by Gasteiger charge is 2.03. The monoisotopic (exact) mass is 225 g/mol. The van der Waals surface area contributed by atoms with Crippen molar-refractivity contribution >= 4 is 12.6 Å². The van der Waals surface area contributed by atoms with Crippen LogP contribution in [-0.2, 0) is 0 Å². The number of nitrogens with zero attached hydrogens (tertiary/aromatic N) is 1. The molecule has 0 spiro atoms. The van der Waals surface area contributed by atoms with Gasteiger partial charge in [-0.05, 0) is 36.8 Å². The molecule has 1 aromatic carbocycles. The number of rotatable bonds is 5. The largest absolute Gasteiger partial charge is 0.491 e. The zero-order valence-electron chi connectivity index (χ0n) is 8.24. The van der Waals surface area contributed by atoms with Crippen molar-refractivity contribution in [2.24, 2.45) is 0 Å². The van der Waals surface area contributed by atoms with Gasteiger partial charge in [-0.15, -0.1) is 0 Å². The first kappa shape index (κ1) is 11.9. The molecule has 0 saturated heterocycles. The van der Waals surface area contributed by atoms with Crippen molar-refractivity contribution in [3.05, 3.63) is 29.6 Å². The Morgan fingerprint density at radius 1 is 1.40 bits per heavy atom. The van der Waals surface area contributed by atoms with Crippen LogP contribution in [0.3, 0.4) is 0 Å². The number of thiol groups is 1. The molecular weight excluding hydrogens is 213 g/mol. The van der Waals surface area contributed by atoms with Gasteiger partial charge in [-0.3, -0.25) is 0 Å². The summed E-state index contributed by atoms with van der Waals surface area (Å²) in [6.45, 7) is 0.476. The molecule has 0 aliphatic heterocycles. The van der Waals surface area contributed by atoms with Gasteiger partial charge in [0.25, 0.3) is 0 Å². The summed E-state index contributed by atoms with van der Waals surface area (Å²) in [4.78, 5) is 0. The average Bonchev–Trinajstić information content (AvgIpc) is 2.26. The minimum absolute atomic E-state index is 0.202. The van der Waals surface area contributed by atoms with E-state index >= 15 is 0 Å². The Kier molecular flexibility index (Phi) is 4.99. The van der Waals surface area contributed by atoms with Gasteiger partial charge in [0.05, 0.1) is 18.2 Å². The predicted octanol–water partition coefficient (Wildman–Crippen LogP) is 2.79. The van der Waals surface area contributed by atoms with Gasteiger partial charge in [0, 0.05) is 0 Å². The molecule has 15 heavy (non-hydrogen) atoms. The lowest BCUT2D eigenvalue weighted by atomic mass is 10.2. The summed E-state index contributed by atoms with van der Waals surface area (Å²) in [5.41, 5.74) is 0.301. The van der Waals surface area contributed by atoms with Crippen LogP contribution in [0.5, 0.6) is 5.75 Å². The first-order valence-corrected chi connectivity index (χ1v) is 5.34. The predicted molar refractivity (Wildman–Crippen MR) is 59.7 cm³/mol. The van der Waals surface area contributed by atoms with Gasteiger partial charge in [-0.2, -0.15) is 17.9 Å². The van der Waals surface area contributed by atoms with E-state index in [-0.39, 0.29) is 5.75 Å². The number of benzene rings is 1. The van der Waals surface area contributed by atoms with E-state index in [1.54, 1.807) is 0 Å². The van der Waals surface area contributed by atoms with E-state index < -0.39 is 5.82 Å². The number of unbranched alkanes of at least 4 members (excludes halogenated alkanes) is 1. The van der Waals surface area contributed by atoms with Crippen molar-refractivity contribution in [3.63, 3.8) is 0 Å². The molecule has 0 atom stereocenters. The summed E-state index contributed by atoms with van der Waals surface area (Å²) in [6.07, 6.45) is 1.80. The minimum atomic E-state index is -0.486. The Labute approximate surface area is 94.1 Å². The zero-order valence-corrected chi connectivity index (χ0v) is 9.14. The molecule has 0 aliphatic rings. The van der Waals surface area contributed by atoms with Gasteiger partial charge < -0.3 is 4.74 Å². The van der Waals surface area contributed by atoms with Crippen molar-refractivity contribution in [1.29, 1.82) is 5.26 Å². The maximum atomic E-state index is 13.3. The number of hydrogen-bond donors (Lipinski definition) is 1. The molecule has 0 heterocycles. The summed E-state index contributed by atoms with van der Waals surface area (Å²) in [6, 6.07) is 6.06. The lowest BCUT2D eigenvalue weighted by Gasteiger charge is -2.06. The quantitative estimate of drug-likeness (QED) is 0.617. The van der Waals surface area contributed by atoms with Crippen LogP contribution < -0.4 is 4.74 Å². The number of hydrogen-bond acceptors (Lipinski definition) is 3. The molecule has 2 nitrogen and oxygen atoms in total. The fourth-order valence-electron chi connectivity index (χ4n) is 1.08. The van der Waals surface area contributed by atoms with Crippen LogP contribution in [0.4, 0.5) is 4.39 Å². The van der Waals surface area contributed by atoms with Crippen LogP contribution in [0.25, 0.3) is 0 Å². The molecule has 1 rings (SSSR count). The van der Waals surface area contributed by atoms with Crippen LogP contribution >= 0.6 is 12.6 Å². The molecule has 0 radical (unpaired) electrons. The normalized spacial score (nSPS) is 9.67. The van der Waals surface area contributed by atoms with Gasteiger partial charge in [0.1, 0.15) is 0 Å². The second kappa shape index (κ2) is 6.31. The van der Waals surface area contributed by atoms with Crippen molar-refractivity contribution in [2.45, 2.75) is 12.8 Å². The molecule has 0 fully saturated rings. The highest BCUT2D eigenvalue weighted by molar-refractivity contribution is 7.80. The van der Waals surface area contributed by atoms with Gasteiger partial charge >= 0.3 is 0 Å². The van der Waals surface area contributed by atoms with Gasteiger partial charge in [-0.1, -0.05) is 0 Å². The molecule has 0 saturated carbocycles. The highest BCUT2D eigenvalue weighted by atomic mass is 32.1. The van der Waals surface area contributed by atoms with Crippen LogP contribution in [-0.4, -0.2) is 12.4 Å². The summed E-state index contributed by atoms with van der Waals surface area (Å²) in [7, 11) is 0. The topological polar surface area (TPSA) is 33.0 Å². The SMILES string of the molecule is N#Cc1ccc(OCCCCS)c(F)c1. The fourth-order valence-corrected chi connectivity index (χ4v) is 1.31. The summed E-state index contributed by atoms with van der Waals surface area (Å²) in [5.74, 6) is 0.521. The molecule has 0 bridgehead atoms. The van der Waals surface area contributed by atoms with Crippen LogP contribution in [0.1, 0.15) is 18.4 Å². The Hall–Kier alpha value is -1.21. The van der Waals surface area contributed by atoms with E-state index in [4.69, 9.17) is 10.00 Å². The standard InChI is InChI=1S/C11H12FNOS/c12-10-7-9(8-13)3-4-11(10)14-5-1-2-6-15/h3-4,7,15H,1-2,5-6H2. The Morgan fingerprint density at radius 2 is 2.20 bits per heavy atom. The smallest absolute Gasteiger partial charge is 0.166 e. The Morgan fingerprint density at radius 3 is 2.80 bits per heavy atom. The van der Waals surface area contributed by atoms with E-state index in [0.29, 0.717) is 12.2 Å². The number of ether oxygens (including phenoxy) is 1. The highest BCUT2D eigenvalue weighted by Crippen LogP contribution is 2.18. The first-order chi connectivity index (χ1) is 7.27. The number of halogens is 1. The molecule has 80 valence electrons. The lowest BCUT2D eigenvalue weighted by molar-refractivity contribution is 0.294. The van der Waals surface area contributed by atoms with E-state index in [2.05, 4.69) is 12.6 Å². The Bertz CT molecular complexity index is 362. The number of nitriles is 1. The maximum absolute atomic E-state index is 13.3. The van der Waals surface area contributed by atoms with Gasteiger partial charge in [0.15, 0.2) is 11.6 Å². The van der Waals surface area contributed by atoms with Crippen molar-refractivity contribution in [2.75, 3.05) is 12.4 Å². The molecule has 0 amide bonds. The molecule has 4 heteroatoms. The summed E-state index contributed by atoms with van der Waals surface area (Å²) >= 11 is 4.06. The zero-order chi connectivity index (χ0) is 11.1. The summed E-state index contributed by atoms with van der Waals surface area (Å²) < 4.78 is 18.5. The van der Waals surface area contributed by atoms with Crippen molar-refractivity contribution in [1.82, 2.24) is 0 Å². The third-order valence-electron chi connectivity index (χ3n) is 1.87.